The summed E-state index contributed by atoms with van der Waals surface area (Å²) in [5.74, 6) is -0.351. The van der Waals surface area contributed by atoms with Crippen molar-refractivity contribution >= 4 is 5.91 Å². The first-order valence-electron chi connectivity index (χ1n) is 10.8. The van der Waals surface area contributed by atoms with E-state index in [1.807, 2.05) is 60.7 Å². The first-order chi connectivity index (χ1) is 15.1. The summed E-state index contributed by atoms with van der Waals surface area (Å²) in [6, 6.07) is 19.2. The Labute approximate surface area is 182 Å². The topological polar surface area (TPSA) is 64.0 Å². The van der Waals surface area contributed by atoms with Crippen LogP contribution in [-0.4, -0.2) is 22.2 Å². The number of allylic oxidation sites excluding steroid dienone is 1. The molecule has 1 aliphatic rings. The first kappa shape index (κ1) is 20.8. The zero-order chi connectivity index (χ0) is 21.6. The number of carbonyl (C=O) groups is 1. The Morgan fingerprint density at radius 1 is 1.00 bits per heavy atom. The highest BCUT2D eigenvalue weighted by atomic mass is 16.2. The number of hydrogen-bond acceptors (Lipinski definition) is 3. The Morgan fingerprint density at radius 3 is 2.32 bits per heavy atom. The number of hydrogen-bond donors (Lipinski definition) is 1. The van der Waals surface area contributed by atoms with Gasteiger partial charge in [-0.15, -0.1) is 0 Å². The number of aryl methyl sites for hydroxylation is 1. The van der Waals surface area contributed by atoms with Crippen LogP contribution in [-0.2, 0) is 7.05 Å². The average Bonchev–Trinajstić information content (AvgIpc) is 2.82. The first-order valence-corrected chi connectivity index (χ1v) is 10.8. The van der Waals surface area contributed by atoms with Gasteiger partial charge < -0.3 is 5.32 Å². The van der Waals surface area contributed by atoms with Gasteiger partial charge in [0, 0.05) is 24.7 Å². The Hall–Kier alpha value is -3.47. The van der Waals surface area contributed by atoms with Crippen LogP contribution in [0.1, 0.15) is 42.5 Å². The maximum absolute atomic E-state index is 13.3. The predicted molar refractivity (Wildman–Crippen MR) is 124 cm³/mol. The van der Waals surface area contributed by atoms with Gasteiger partial charge in [0.05, 0.1) is 5.69 Å². The number of nitrogens with zero attached hydrogens (tertiary/aromatic N) is 2. The maximum atomic E-state index is 13.3. The van der Waals surface area contributed by atoms with Crippen molar-refractivity contribution in [1.29, 1.82) is 0 Å². The molecule has 0 saturated heterocycles. The molecule has 4 rings (SSSR count). The lowest BCUT2D eigenvalue weighted by atomic mass is 9.95. The normalized spacial score (nSPS) is 13.5. The number of carbonyl (C=O) groups excluding carboxylic acids is 1. The van der Waals surface area contributed by atoms with Crippen LogP contribution in [0.4, 0.5) is 0 Å². The number of amides is 1. The summed E-state index contributed by atoms with van der Waals surface area (Å²) in [6.45, 7) is 0.519. The molecular formula is C26H27N3O2. The molecule has 0 radical (unpaired) electrons. The summed E-state index contributed by atoms with van der Waals surface area (Å²) in [5.41, 5.74) is 3.99. The number of rotatable bonds is 6. The van der Waals surface area contributed by atoms with E-state index in [0.29, 0.717) is 17.8 Å². The zero-order valence-corrected chi connectivity index (χ0v) is 17.8. The van der Waals surface area contributed by atoms with E-state index in [9.17, 15) is 9.59 Å². The largest absolute Gasteiger partial charge is 0.352 e. The van der Waals surface area contributed by atoms with E-state index >= 15 is 0 Å². The monoisotopic (exact) mass is 413 g/mol. The summed E-state index contributed by atoms with van der Waals surface area (Å²) >= 11 is 0. The van der Waals surface area contributed by atoms with Crippen LogP contribution in [0.15, 0.2) is 77.1 Å². The van der Waals surface area contributed by atoms with E-state index in [0.717, 1.165) is 30.4 Å². The molecule has 31 heavy (non-hydrogen) atoms. The van der Waals surface area contributed by atoms with Gasteiger partial charge in [0.25, 0.3) is 11.5 Å². The van der Waals surface area contributed by atoms with Gasteiger partial charge >= 0.3 is 0 Å². The third kappa shape index (κ3) is 4.66. The van der Waals surface area contributed by atoms with Crippen molar-refractivity contribution in [3.8, 4) is 22.4 Å². The van der Waals surface area contributed by atoms with E-state index in [1.54, 1.807) is 7.05 Å². The Bertz CT molecular complexity index is 1150. The molecule has 5 heteroatoms. The van der Waals surface area contributed by atoms with Gasteiger partial charge in [-0.3, -0.25) is 9.59 Å². The second-order valence-corrected chi connectivity index (χ2v) is 7.87. The Kier molecular flexibility index (Phi) is 6.41. The van der Waals surface area contributed by atoms with Crippen LogP contribution in [0, 0.1) is 0 Å². The molecule has 5 nitrogen and oxygen atoms in total. The lowest BCUT2D eigenvalue weighted by Gasteiger charge is -2.16. The molecule has 0 unspecified atom stereocenters. The van der Waals surface area contributed by atoms with E-state index in [1.165, 1.54) is 23.1 Å². The number of aromatic nitrogens is 2. The molecule has 3 aromatic rings. The van der Waals surface area contributed by atoms with Gasteiger partial charge in [-0.2, -0.15) is 5.10 Å². The molecule has 0 aliphatic heterocycles. The van der Waals surface area contributed by atoms with Crippen LogP contribution < -0.4 is 10.9 Å². The molecule has 0 saturated carbocycles. The highest BCUT2D eigenvalue weighted by Gasteiger charge is 2.24. The van der Waals surface area contributed by atoms with Gasteiger partial charge in [-0.25, -0.2) is 4.68 Å². The maximum Gasteiger partial charge on any atom is 0.280 e. The summed E-state index contributed by atoms with van der Waals surface area (Å²) in [4.78, 5) is 26.3. The van der Waals surface area contributed by atoms with E-state index < -0.39 is 5.56 Å². The van der Waals surface area contributed by atoms with E-state index in [-0.39, 0.29) is 11.5 Å². The third-order valence-electron chi connectivity index (χ3n) is 5.70. The second-order valence-electron chi connectivity index (χ2n) is 7.87. The lowest BCUT2D eigenvalue weighted by Crippen LogP contribution is -2.35. The second kappa shape index (κ2) is 9.56. The van der Waals surface area contributed by atoms with E-state index in [2.05, 4.69) is 16.5 Å². The molecule has 1 N–H and O–H groups in total. The van der Waals surface area contributed by atoms with Crippen molar-refractivity contribution in [2.45, 2.75) is 32.1 Å². The van der Waals surface area contributed by atoms with Gasteiger partial charge in [0.1, 0.15) is 5.56 Å². The fraction of sp³-hybridized carbons (Fsp3) is 0.269. The molecule has 1 heterocycles. The summed E-state index contributed by atoms with van der Waals surface area (Å²) in [7, 11) is 1.59. The molecule has 1 aromatic heterocycles. The fourth-order valence-electron chi connectivity index (χ4n) is 4.08. The van der Waals surface area contributed by atoms with Crippen LogP contribution in [0.3, 0.4) is 0 Å². The molecule has 0 bridgehead atoms. The van der Waals surface area contributed by atoms with Crippen molar-refractivity contribution in [2.75, 3.05) is 6.54 Å². The SMILES string of the molecule is Cn1nc(-c2ccccc2)c(-c2ccccc2)c(C(=O)NCCC2=CCCCC2)c1=O. The van der Waals surface area contributed by atoms with Gasteiger partial charge in [0.15, 0.2) is 0 Å². The molecule has 0 atom stereocenters. The van der Waals surface area contributed by atoms with Crippen molar-refractivity contribution in [1.82, 2.24) is 15.1 Å². The Balaban J connectivity index is 1.75. The molecule has 1 aliphatic carbocycles. The van der Waals surface area contributed by atoms with Gasteiger partial charge in [-0.1, -0.05) is 72.3 Å². The summed E-state index contributed by atoms with van der Waals surface area (Å²) < 4.78 is 1.26. The number of benzene rings is 2. The minimum atomic E-state index is -0.395. The lowest BCUT2D eigenvalue weighted by molar-refractivity contribution is 0.0952. The van der Waals surface area contributed by atoms with Crippen molar-refractivity contribution in [3.05, 3.63) is 88.2 Å². The van der Waals surface area contributed by atoms with Crippen molar-refractivity contribution in [2.24, 2.45) is 7.05 Å². The predicted octanol–water partition coefficient (Wildman–Crippen LogP) is 4.73. The number of nitrogens with one attached hydrogen (secondary N) is 1. The molecule has 158 valence electrons. The standard InChI is InChI=1S/C26H27N3O2/c1-29-26(31)23(25(30)27-18-17-19-11-5-2-6-12-19)22(20-13-7-3-8-14-20)24(28-29)21-15-9-4-10-16-21/h3-4,7-11,13-16H,2,5-6,12,17-18H2,1H3,(H,27,30). The van der Waals surface area contributed by atoms with Crippen LogP contribution >= 0.6 is 0 Å². The third-order valence-corrected chi connectivity index (χ3v) is 5.70. The highest BCUT2D eigenvalue weighted by molar-refractivity contribution is 6.03. The molecule has 2 aromatic carbocycles. The van der Waals surface area contributed by atoms with Crippen LogP contribution in [0.25, 0.3) is 22.4 Å². The smallest absolute Gasteiger partial charge is 0.280 e. The van der Waals surface area contributed by atoms with Crippen molar-refractivity contribution in [3.63, 3.8) is 0 Å². The zero-order valence-electron chi connectivity index (χ0n) is 17.8. The van der Waals surface area contributed by atoms with Crippen LogP contribution in [0.2, 0.25) is 0 Å². The fourth-order valence-corrected chi connectivity index (χ4v) is 4.08. The highest BCUT2D eigenvalue weighted by Crippen LogP contribution is 2.31. The molecule has 0 fully saturated rings. The quantitative estimate of drug-likeness (QED) is 0.594. The average molecular weight is 414 g/mol. The molecule has 0 spiro atoms. The molecule has 1 amide bonds. The van der Waals surface area contributed by atoms with Crippen LogP contribution in [0.5, 0.6) is 0 Å². The molecular weight excluding hydrogens is 386 g/mol. The van der Waals surface area contributed by atoms with Gasteiger partial charge in [0.2, 0.25) is 0 Å². The van der Waals surface area contributed by atoms with Crippen molar-refractivity contribution < 1.29 is 4.79 Å². The van der Waals surface area contributed by atoms with E-state index in [4.69, 9.17) is 0 Å². The van der Waals surface area contributed by atoms with Gasteiger partial charge in [-0.05, 0) is 37.7 Å². The minimum Gasteiger partial charge on any atom is -0.352 e. The minimum absolute atomic E-state index is 0.139. The Morgan fingerprint density at radius 2 is 1.68 bits per heavy atom. The summed E-state index contributed by atoms with van der Waals surface area (Å²) in [5, 5.41) is 7.51. The summed E-state index contributed by atoms with van der Waals surface area (Å²) in [6.07, 6.45) is 7.77.